The molecular formula is C28H28ClFN6O2. The van der Waals surface area contributed by atoms with Gasteiger partial charge in [0, 0.05) is 28.4 Å². The van der Waals surface area contributed by atoms with E-state index in [1.807, 2.05) is 55.1 Å². The summed E-state index contributed by atoms with van der Waals surface area (Å²) in [4.78, 5) is 31.7. The minimum absolute atomic E-state index is 0.0981. The summed E-state index contributed by atoms with van der Waals surface area (Å²) in [5, 5.41) is 9.07. The molecule has 1 aliphatic carbocycles. The fourth-order valence-electron chi connectivity index (χ4n) is 6.58. The van der Waals surface area contributed by atoms with Crippen molar-refractivity contribution in [3.05, 3.63) is 53.6 Å². The van der Waals surface area contributed by atoms with Crippen molar-refractivity contribution in [3.63, 3.8) is 0 Å². The van der Waals surface area contributed by atoms with E-state index in [2.05, 4.69) is 15.4 Å². The van der Waals surface area contributed by atoms with Gasteiger partial charge in [-0.25, -0.2) is 13.9 Å². The Hall–Kier alpha value is -3.30. The molecule has 3 aromatic heterocycles. The van der Waals surface area contributed by atoms with Crippen molar-refractivity contribution in [1.29, 1.82) is 0 Å². The number of hydrogen-bond acceptors (Lipinski definition) is 5. The highest BCUT2D eigenvalue weighted by molar-refractivity contribution is 6.32. The number of likely N-dealkylation sites (tertiary alicyclic amines) is 1. The van der Waals surface area contributed by atoms with Gasteiger partial charge in [0.1, 0.15) is 12.0 Å². The Balaban J connectivity index is 1.28. The number of piperidine rings is 2. The zero-order valence-electron chi connectivity index (χ0n) is 21.2. The van der Waals surface area contributed by atoms with E-state index in [1.165, 1.54) is 11.2 Å². The van der Waals surface area contributed by atoms with Gasteiger partial charge < -0.3 is 9.88 Å². The highest BCUT2D eigenvalue weighted by Gasteiger charge is 2.72. The summed E-state index contributed by atoms with van der Waals surface area (Å²) in [7, 11) is 0. The van der Waals surface area contributed by atoms with E-state index >= 15 is 4.39 Å². The van der Waals surface area contributed by atoms with E-state index in [4.69, 9.17) is 11.6 Å². The lowest BCUT2D eigenvalue weighted by atomic mass is 9.94. The minimum atomic E-state index is -1.29. The van der Waals surface area contributed by atoms with Crippen LogP contribution in [-0.2, 0) is 22.7 Å². The maximum absolute atomic E-state index is 15.7. The van der Waals surface area contributed by atoms with Gasteiger partial charge in [-0.1, -0.05) is 25.4 Å². The second-order valence-electron chi connectivity index (χ2n) is 11.6. The first-order valence-electron chi connectivity index (χ1n) is 13.0. The second-order valence-corrected chi connectivity index (χ2v) is 12.0. The molecule has 0 bridgehead atoms. The molecule has 7 rings (SSSR count). The Bertz CT molecular complexity index is 1610. The lowest BCUT2D eigenvalue weighted by molar-refractivity contribution is -0.143. The number of fused-ring (bicyclic) bond motifs is 3. The molecule has 3 fully saturated rings. The van der Waals surface area contributed by atoms with Crippen LogP contribution in [0.5, 0.6) is 0 Å². The number of imide groups is 1. The summed E-state index contributed by atoms with van der Waals surface area (Å²) in [5.41, 5.74) is 2.28. The van der Waals surface area contributed by atoms with Crippen molar-refractivity contribution in [2.24, 2.45) is 17.3 Å². The van der Waals surface area contributed by atoms with Crippen LogP contribution < -0.4 is 5.32 Å². The number of benzene rings is 1. The predicted octanol–water partition coefficient (Wildman–Crippen LogP) is 4.24. The first-order valence-corrected chi connectivity index (χ1v) is 13.4. The molecule has 2 atom stereocenters. The van der Waals surface area contributed by atoms with Crippen molar-refractivity contribution >= 4 is 39.8 Å². The molecule has 2 unspecified atom stereocenters. The van der Waals surface area contributed by atoms with E-state index in [0.29, 0.717) is 36.6 Å². The van der Waals surface area contributed by atoms with Gasteiger partial charge in [0.2, 0.25) is 11.8 Å². The molecule has 2 aliphatic heterocycles. The van der Waals surface area contributed by atoms with Crippen LogP contribution in [0.25, 0.3) is 27.7 Å². The lowest BCUT2D eigenvalue weighted by Crippen LogP contribution is -2.41. The molecule has 5 heterocycles. The number of nitrogens with one attached hydrogen (secondary N) is 1. The monoisotopic (exact) mass is 534 g/mol. The van der Waals surface area contributed by atoms with Crippen LogP contribution in [0.4, 0.5) is 4.39 Å². The highest BCUT2D eigenvalue weighted by atomic mass is 35.5. The van der Waals surface area contributed by atoms with Crippen molar-refractivity contribution in [1.82, 2.24) is 29.4 Å². The smallest absolute Gasteiger partial charge is 0.233 e. The number of rotatable bonds is 5. The molecule has 2 saturated heterocycles. The van der Waals surface area contributed by atoms with Gasteiger partial charge in [-0.3, -0.25) is 14.5 Å². The summed E-state index contributed by atoms with van der Waals surface area (Å²) in [6, 6.07) is 7.60. The molecule has 3 aliphatic rings. The first-order chi connectivity index (χ1) is 18.2. The molecule has 2 amide bonds. The normalized spacial score (nSPS) is 23.9. The number of hydrogen-bond donors (Lipinski definition) is 1. The van der Waals surface area contributed by atoms with Crippen LogP contribution >= 0.6 is 11.6 Å². The number of alkyl halides is 1. The van der Waals surface area contributed by atoms with Gasteiger partial charge in [-0.2, -0.15) is 5.10 Å². The number of halogens is 2. The zero-order valence-corrected chi connectivity index (χ0v) is 22.0. The van der Waals surface area contributed by atoms with Crippen molar-refractivity contribution < 1.29 is 14.0 Å². The average Bonchev–Trinajstić information content (AvgIpc) is 3.22. The molecule has 8 nitrogen and oxygen atoms in total. The quantitative estimate of drug-likeness (QED) is 0.387. The van der Waals surface area contributed by atoms with E-state index in [0.717, 1.165) is 27.5 Å². The molecule has 1 N–H and O–H groups in total. The van der Waals surface area contributed by atoms with Crippen molar-refractivity contribution in [2.75, 3.05) is 13.1 Å². The Morgan fingerprint density at radius 2 is 1.87 bits per heavy atom. The minimum Gasteiger partial charge on any atom is -0.344 e. The fraction of sp³-hybridized carbons (Fsp3) is 0.429. The zero-order chi connectivity index (χ0) is 26.4. The summed E-state index contributed by atoms with van der Waals surface area (Å²) >= 11 is 6.52. The van der Waals surface area contributed by atoms with E-state index in [-0.39, 0.29) is 42.2 Å². The van der Waals surface area contributed by atoms with Crippen LogP contribution in [0.1, 0.15) is 32.3 Å². The number of aromatic nitrogens is 4. The van der Waals surface area contributed by atoms with Crippen LogP contribution in [-0.4, -0.2) is 54.6 Å². The number of amides is 2. The first kappa shape index (κ1) is 23.8. The highest BCUT2D eigenvalue weighted by Crippen LogP contribution is 2.63. The summed E-state index contributed by atoms with van der Waals surface area (Å²) in [6.45, 7) is 5.72. The third-order valence-electron chi connectivity index (χ3n) is 8.73. The van der Waals surface area contributed by atoms with E-state index in [9.17, 15) is 9.59 Å². The van der Waals surface area contributed by atoms with Crippen molar-refractivity contribution in [3.8, 4) is 11.3 Å². The molecular weight excluding hydrogens is 507 g/mol. The molecule has 1 aromatic carbocycles. The molecule has 10 heteroatoms. The third kappa shape index (κ3) is 3.51. The van der Waals surface area contributed by atoms with Gasteiger partial charge in [0.25, 0.3) is 0 Å². The molecule has 38 heavy (non-hydrogen) atoms. The molecule has 4 aromatic rings. The average molecular weight is 535 g/mol. The third-order valence-corrected chi connectivity index (χ3v) is 8.95. The molecule has 0 radical (unpaired) electrons. The van der Waals surface area contributed by atoms with Crippen LogP contribution in [0.15, 0.2) is 43.0 Å². The summed E-state index contributed by atoms with van der Waals surface area (Å²) in [5.74, 6) is -0.625. The summed E-state index contributed by atoms with van der Waals surface area (Å²) in [6.07, 6.45) is 6.12. The summed E-state index contributed by atoms with van der Waals surface area (Å²) < 4.78 is 19.4. The number of nitrogens with zero attached hydrogens (tertiary/aromatic N) is 5. The SMILES string of the molecule is CC1(C)C2C(=O)N(Cc3cc4c(-c5cc(Cl)cc6ccn(CC7(F)CCNCC7)c56)ncnn4c3)C(=O)C21. The van der Waals surface area contributed by atoms with E-state index in [1.54, 1.807) is 4.52 Å². The van der Waals surface area contributed by atoms with Gasteiger partial charge in [0.05, 0.1) is 41.7 Å². The van der Waals surface area contributed by atoms with Crippen LogP contribution in [0.2, 0.25) is 5.02 Å². The van der Waals surface area contributed by atoms with Crippen LogP contribution in [0, 0.1) is 17.3 Å². The maximum atomic E-state index is 15.7. The number of carbonyl (C=O) groups is 2. The topological polar surface area (TPSA) is 84.5 Å². The van der Waals surface area contributed by atoms with Crippen molar-refractivity contribution in [2.45, 2.75) is 45.4 Å². The van der Waals surface area contributed by atoms with Gasteiger partial charge in [-0.15, -0.1) is 0 Å². The Kier molecular flexibility index (Phi) is 5.07. The van der Waals surface area contributed by atoms with Gasteiger partial charge in [-0.05, 0) is 61.2 Å². The maximum Gasteiger partial charge on any atom is 0.233 e. The molecule has 1 saturated carbocycles. The number of carbonyl (C=O) groups excluding carboxylic acids is 2. The Labute approximate surface area is 223 Å². The molecule has 196 valence electrons. The Morgan fingerprint density at radius 3 is 2.61 bits per heavy atom. The fourth-order valence-corrected chi connectivity index (χ4v) is 6.81. The molecule has 0 spiro atoms. The van der Waals surface area contributed by atoms with E-state index < -0.39 is 5.67 Å². The lowest BCUT2D eigenvalue weighted by Gasteiger charge is -2.30. The standard InChI is InChI=1S/C28H28ClFN6O2/c1-27(2)21-22(27)26(38)35(25(21)37)12-16-9-20-23(32-15-33-36(20)13-16)19-11-18(29)10-17-3-8-34(24(17)19)14-28(30)4-6-31-7-5-28/h3,8-11,13,15,21-22,31H,4-7,12,14H2,1-2H3. The van der Waals surface area contributed by atoms with Gasteiger partial charge >= 0.3 is 0 Å². The second kappa shape index (κ2) is 8.10. The predicted molar refractivity (Wildman–Crippen MR) is 141 cm³/mol. The largest absolute Gasteiger partial charge is 0.344 e. The Morgan fingerprint density at radius 1 is 1.13 bits per heavy atom. The van der Waals surface area contributed by atoms with Gasteiger partial charge in [0.15, 0.2) is 0 Å². The van der Waals surface area contributed by atoms with Crippen LogP contribution in [0.3, 0.4) is 0 Å².